The van der Waals surface area contributed by atoms with E-state index in [1.165, 1.54) is 20.0 Å². The van der Waals surface area contributed by atoms with Crippen molar-refractivity contribution in [1.29, 1.82) is 0 Å². The first-order chi connectivity index (χ1) is 9.20. The molecule has 104 valence electrons. The monoisotopic (exact) mass is 260 g/mol. The van der Waals surface area contributed by atoms with Crippen molar-refractivity contribution >= 4 is 5.97 Å². The van der Waals surface area contributed by atoms with Crippen LogP contribution in [0.1, 0.15) is 32.6 Å². The van der Waals surface area contributed by atoms with Gasteiger partial charge in [0.25, 0.3) is 0 Å². The van der Waals surface area contributed by atoms with Crippen LogP contribution in [0.2, 0.25) is 0 Å². The van der Waals surface area contributed by atoms with E-state index in [9.17, 15) is 4.79 Å². The maximum atomic E-state index is 11.4. The van der Waals surface area contributed by atoms with Gasteiger partial charge in [-0.1, -0.05) is 19.1 Å². The van der Waals surface area contributed by atoms with E-state index in [4.69, 9.17) is 4.74 Å². The molecule has 0 radical (unpaired) electrons. The molecule has 3 fully saturated rings. The van der Waals surface area contributed by atoms with Crippen LogP contribution in [0, 0.1) is 47.3 Å². The molecule has 4 bridgehead atoms. The minimum Gasteiger partial charge on any atom is -0.469 e. The SMILES string of the molecule is COC(=O)CCC1C(C)C2CC1C1C3C=CC(C3)C21. The quantitative estimate of drug-likeness (QED) is 0.442. The van der Waals surface area contributed by atoms with Gasteiger partial charge in [-0.05, 0) is 66.6 Å². The minimum atomic E-state index is -0.0284. The minimum absolute atomic E-state index is 0.0284. The fraction of sp³-hybridized carbons (Fsp3) is 0.824. The van der Waals surface area contributed by atoms with Gasteiger partial charge in [-0.15, -0.1) is 0 Å². The lowest BCUT2D eigenvalue weighted by molar-refractivity contribution is -0.141. The predicted octanol–water partition coefficient (Wildman–Crippen LogP) is 3.28. The highest BCUT2D eigenvalue weighted by molar-refractivity contribution is 5.69. The molecular formula is C17H24O2. The summed E-state index contributed by atoms with van der Waals surface area (Å²) in [6.07, 6.45) is 9.54. The summed E-state index contributed by atoms with van der Waals surface area (Å²) in [6, 6.07) is 0. The topological polar surface area (TPSA) is 26.3 Å². The van der Waals surface area contributed by atoms with Crippen LogP contribution in [-0.4, -0.2) is 13.1 Å². The summed E-state index contributed by atoms with van der Waals surface area (Å²) in [7, 11) is 1.50. The molecule has 0 heterocycles. The molecule has 8 atom stereocenters. The summed E-state index contributed by atoms with van der Waals surface area (Å²) in [5.41, 5.74) is 0. The molecule has 3 saturated carbocycles. The van der Waals surface area contributed by atoms with Crippen LogP contribution in [0.4, 0.5) is 0 Å². The van der Waals surface area contributed by atoms with Crippen molar-refractivity contribution in [2.45, 2.75) is 32.6 Å². The Morgan fingerprint density at radius 3 is 2.53 bits per heavy atom. The summed E-state index contributed by atoms with van der Waals surface area (Å²) in [5.74, 6) is 7.13. The molecule has 4 aliphatic rings. The summed E-state index contributed by atoms with van der Waals surface area (Å²) in [6.45, 7) is 2.44. The highest BCUT2D eigenvalue weighted by Gasteiger charge is 2.63. The lowest BCUT2D eigenvalue weighted by Crippen LogP contribution is -2.36. The molecule has 0 amide bonds. The second-order valence-corrected chi connectivity index (χ2v) is 7.30. The Kier molecular flexibility index (Phi) is 2.59. The third-order valence-electron chi connectivity index (χ3n) is 6.93. The molecule has 19 heavy (non-hydrogen) atoms. The summed E-state index contributed by atoms with van der Waals surface area (Å²) >= 11 is 0. The van der Waals surface area contributed by atoms with Crippen LogP contribution in [0.3, 0.4) is 0 Å². The maximum Gasteiger partial charge on any atom is 0.305 e. The van der Waals surface area contributed by atoms with Crippen molar-refractivity contribution < 1.29 is 9.53 Å². The molecule has 0 spiro atoms. The number of esters is 1. The molecule has 2 heteroatoms. The number of rotatable bonds is 3. The molecule has 2 nitrogen and oxygen atoms in total. The van der Waals surface area contributed by atoms with E-state index in [0.717, 1.165) is 53.8 Å². The van der Waals surface area contributed by atoms with Crippen molar-refractivity contribution in [1.82, 2.24) is 0 Å². The van der Waals surface area contributed by atoms with Crippen LogP contribution in [0.15, 0.2) is 12.2 Å². The normalized spacial score (nSPS) is 52.7. The number of hydrogen-bond donors (Lipinski definition) is 0. The molecule has 4 rings (SSSR count). The average molecular weight is 260 g/mol. The van der Waals surface area contributed by atoms with Gasteiger partial charge in [0.1, 0.15) is 0 Å². The Balaban J connectivity index is 1.51. The molecule has 0 N–H and O–H groups in total. The number of carbonyl (C=O) groups excluding carboxylic acids is 1. The second kappa shape index (κ2) is 4.10. The maximum absolute atomic E-state index is 11.4. The Bertz CT molecular complexity index is 427. The number of methoxy groups -OCH3 is 1. The van der Waals surface area contributed by atoms with E-state index in [-0.39, 0.29) is 5.97 Å². The van der Waals surface area contributed by atoms with Gasteiger partial charge >= 0.3 is 5.97 Å². The number of carbonyl (C=O) groups is 1. The zero-order valence-corrected chi connectivity index (χ0v) is 11.9. The van der Waals surface area contributed by atoms with Gasteiger partial charge in [-0.25, -0.2) is 0 Å². The fourth-order valence-corrected chi connectivity index (χ4v) is 6.33. The zero-order chi connectivity index (χ0) is 13.1. The largest absolute Gasteiger partial charge is 0.469 e. The van der Waals surface area contributed by atoms with E-state index < -0.39 is 0 Å². The van der Waals surface area contributed by atoms with Crippen molar-refractivity contribution in [3.8, 4) is 0 Å². The van der Waals surface area contributed by atoms with Crippen LogP contribution in [0.25, 0.3) is 0 Å². The fourth-order valence-electron chi connectivity index (χ4n) is 6.33. The summed E-state index contributed by atoms with van der Waals surface area (Å²) < 4.78 is 4.81. The van der Waals surface area contributed by atoms with Gasteiger partial charge in [0, 0.05) is 6.42 Å². The van der Waals surface area contributed by atoms with Crippen LogP contribution in [-0.2, 0) is 9.53 Å². The number of ether oxygens (including phenoxy) is 1. The van der Waals surface area contributed by atoms with Crippen molar-refractivity contribution in [3.63, 3.8) is 0 Å². The number of allylic oxidation sites excluding steroid dienone is 2. The third kappa shape index (κ3) is 1.52. The molecule has 0 aliphatic heterocycles. The summed E-state index contributed by atoms with van der Waals surface area (Å²) in [5, 5.41) is 0. The Labute approximate surface area is 115 Å². The van der Waals surface area contributed by atoms with Crippen molar-refractivity contribution in [2.75, 3.05) is 7.11 Å². The standard InChI is InChI=1S/C17H24O2/c1-9-12(5-6-15(18)19-2)14-8-13(9)16-10-3-4-11(7-10)17(14)16/h3-4,9-14,16-17H,5-8H2,1-2H3. The molecule has 4 aliphatic carbocycles. The Hall–Kier alpha value is -0.790. The van der Waals surface area contributed by atoms with Gasteiger partial charge in [0.05, 0.1) is 7.11 Å². The lowest BCUT2D eigenvalue weighted by atomic mass is 9.64. The first kappa shape index (κ1) is 12.0. The first-order valence-corrected chi connectivity index (χ1v) is 7.96. The average Bonchev–Trinajstić information content (AvgIpc) is 3.14. The van der Waals surface area contributed by atoms with Gasteiger partial charge in [0.15, 0.2) is 0 Å². The van der Waals surface area contributed by atoms with Gasteiger partial charge in [0.2, 0.25) is 0 Å². The van der Waals surface area contributed by atoms with E-state index in [1.54, 1.807) is 0 Å². The molecule has 0 saturated heterocycles. The third-order valence-corrected chi connectivity index (χ3v) is 6.93. The van der Waals surface area contributed by atoms with Gasteiger partial charge < -0.3 is 4.74 Å². The second-order valence-electron chi connectivity index (χ2n) is 7.30. The molecule has 0 aromatic carbocycles. The first-order valence-electron chi connectivity index (χ1n) is 7.96. The molecule has 0 aromatic rings. The van der Waals surface area contributed by atoms with Crippen LogP contribution in [0.5, 0.6) is 0 Å². The van der Waals surface area contributed by atoms with Gasteiger partial charge in [-0.3, -0.25) is 4.79 Å². The highest BCUT2D eigenvalue weighted by atomic mass is 16.5. The predicted molar refractivity (Wildman–Crippen MR) is 73.2 cm³/mol. The zero-order valence-electron chi connectivity index (χ0n) is 11.9. The van der Waals surface area contributed by atoms with Crippen LogP contribution < -0.4 is 0 Å². The number of hydrogen-bond acceptors (Lipinski definition) is 2. The Morgan fingerprint density at radius 2 is 1.84 bits per heavy atom. The highest BCUT2D eigenvalue weighted by Crippen LogP contribution is 2.69. The number of fused-ring (bicyclic) bond motifs is 9. The lowest BCUT2D eigenvalue weighted by Gasteiger charge is -2.40. The van der Waals surface area contributed by atoms with E-state index in [2.05, 4.69) is 19.1 Å². The molecule has 0 aromatic heterocycles. The molecular weight excluding hydrogens is 236 g/mol. The summed E-state index contributed by atoms with van der Waals surface area (Å²) in [4.78, 5) is 11.4. The van der Waals surface area contributed by atoms with Gasteiger partial charge in [-0.2, -0.15) is 0 Å². The van der Waals surface area contributed by atoms with E-state index >= 15 is 0 Å². The molecule has 8 unspecified atom stereocenters. The van der Waals surface area contributed by atoms with E-state index in [1.807, 2.05) is 0 Å². The van der Waals surface area contributed by atoms with Crippen molar-refractivity contribution in [2.24, 2.45) is 47.3 Å². The van der Waals surface area contributed by atoms with E-state index in [0.29, 0.717) is 6.42 Å². The smallest absolute Gasteiger partial charge is 0.305 e. The van der Waals surface area contributed by atoms with Crippen molar-refractivity contribution in [3.05, 3.63) is 12.2 Å². The van der Waals surface area contributed by atoms with Crippen LogP contribution >= 0.6 is 0 Å². The Morgan fingerprint density at radius 1 is 1.16 bits per heavy atom.